The van der Waals surface area contributed by atoms with Crippen molar-refractivity contribution in [1.29, 1.82) is 0 Å². The van der Waals surface area contributed by atoms with Crippen LogP contribution in [0.25, 0.3) is 22.3 Å². The SMILES string of the molecule is CC(C)(C)c1cccc(C2c3ccccc3-c3cc(C4c5ccccc5-c5ccccc54)ccc32)c1. The Kier molecular flexibility index (Phi) is 4.63. The van der Waals surface area contributed by atoms with Crippen molar-refractivity contribution in [2.24, 2.45) is 0 Å². The van der Waals surface area contributed by atoms with Gasteiger partial charge in [0, 0.05) is 11.8 Å². The van der Waals surface area contributed by atoms with Gasteiger partial charge in [-0.25, -0.2) is 0 Å². The third kappa shape index (κ3) is 3.14. The van der Waals surface area contributed by atoms with E-state index >= 15 is 0 Å². The second-order valence-electron chi connectivity index (χ2n) is 11.3. The van der Waals surface area contributed by atoms with Gasteiger partial charge in [-0.2, -0.15) is 0 Å². The van der Waals surface area contributed by atoms with Crippen molar-refractivity contribution in [3.63, 3.8) is 0 Å². The zero-order valence-corrected chi connectivity index (χ0v) is 21.1. The maximum Gasteiger partial charge on any atom is 0.0352 e. The molecule has 0 amide bonds. The Morgan fingerprint density at radius 1 is 0.417 bits per heavy atom. The summed E-state index contributed by atoms with van der Waals surface area (Å²) in [6, 6.07) is 43.3. The number of hydrogen-bond acceptors (Lipinski definition) is 0. The van der Waals surface area contributed by atoms with Gasteiger partial charge in [0.15, 0.2) is 0 Å². The molecule has 1 unspecified atom stereocenters. The van der Waals surface area contributed by atoms with Gasteiger partial charge in [-0.3, -0.25) is 0 Å². The molecule has 0 nitrogen and oxygen atoms in total. The van der Waals surface area contributed by atoms with Crippen LogP contribution in [0.1, 0.15) is 71.6 Å². The minimum atomic E-state index is 0.129. The van der Waals surface area contributed by atoms with E-state index in [1.807, 2.05) is 0 Å². The summed E-state index contributed by atoms with van der Waals surface area (Å²) in [6.07, 6.45) is 0. The Balaban J connectivity index is 1.40. The van der Waals surface area contributed by atoms with Gasteiger partial charge < -0.3 is 0 Å². The molecular formula is C36H30. The maximum absolute atomic E-state index is 2.48. The molecule has 0 bridgehead atoms. The fraction of sp³-hybridized carbons (Fsp3) is 0.167. The minimum Gasteiger partial charge on any atom is -0.0619 e. The molecule has 0 aromatic heterocycles. The van der Waals surface area contributed by atoms with Crippen LogP contribution in [-0.4, -0.2) is 0 Å². The van der Waals surface area contributed by atoms with Crippen LogP contribution in [0.15, 0.2) is 115 Å². The first-order valence-electron chi connectivity index (χ1n) is 13.0. The molecule has 0 radical (unpaired) electrons. The summed E-state index contributed by atoms with van der Waals surface area (Å²) in [5.41, 5.74) is 15.5. The zero-order valence-electron chi connectivity index (χ0n) is 21.1. The minimum absolute atomic E-state index is 0.129. The Labute approximate surface area is 214 Å². The lowest BCUT2D eigenvalue weighted by atomic mass is 9.82. The second kappa shape index (κ2) is 7.80. The molecule has 174 valence electrons. The first-order chi connectivity index (χ1) is 17.5. The average molecular weight is 463 g/mol. The van der Waals surface area contributed by atoms with Crippen molar-refractivity contribution < 1.29 is 0 Å². The molecule has 0 aliphatic heterocycles. The lowest BCUT2D eigenvalue weighted by Crippen LogP contribution is -2.12. The molecule has 2 aliphatic rings. The summed E-state index contributed by atoms with van der Waals surface area (Å²) in [7, 11) is 0. The molecule has 2 aliphatic carbocycles. The Morgan fingerprint density at radius 3 is 1.44 bits per heavy atom. The molecule has 0 fully saturated rings. The lowest BCUT2D eigenvalue weighted by Gasteiger charge is -2.22. The van der Waals surface area contributed by atoms with Gasteiger partial charge in [-0.1, -0.05) is 130 Å². The molecule has 7 rings (SSSR count). The van der Waals surface area contributed by atoms with Gasteiger partial charge in [0.05, 0.1) is 0 Å². The smallest absolute Gasteiger partial charge is 0.0352 e. The molecule has 36 heavy (non-hydrogen) atoms. The van der Waals surface area contributed by atoms with E-state index in [1.165, 1.54) is 61.2 Å². The van der Waals surface area contributed by atoms with E-state index in [-0.39, 0.29) is 17.3 Å². The van der Waals surface area contributed by atoms with E-state index < -0.39 is 0 Å². The van der Waals surface area contributed by atoms with Crippen LogP contribution in [0, 0.1) is 0 Å². The first kappa shape index (κ1) is 21.4. The van der Waals surface area contributed by atoms with Gasteiger partial charge in [-0.05, 0) is 72.7 Å². The predicted molar refractivity (Wildman–Crippen MR) is 151 cm³/mol. The summed E-state index contributed by atoms with van der Waals surface area (Å²) in [5, 5.41) is 0. The third-order valence-corrected chi connectivity index (χ3v) is 8.20. The predicted octanol–water partition coefficient (Wildman–Crippen LogP) is 9.31. The molecule has 0 heteroatoms. The lowest BCUT2D eigenvalue weighted by molar-refractivity contribution is 0.589. The molecule has 0 spiro atoms. The molecule has 0 saturated heterocycles. The van der Waals surface area contributed by atoms with Gasteiger partial charge >= 0.3 is 0 Å². The topological polar surface area (TPSA) is 0 Å². The molecule has 0 heterocycles. The van der Waals surface area contributed by atoms with Crippen LogP contribution in [0.5, 0.6) is 0 Å². The zero-order chi connectivity index (χ0) is 24.4. The van der Waals surface area contributed by atoms with Crippen molar-refractivity contribution >= 4 is 0 Å². The van der Waals surface area contributed by atoms with Crippen LogP contribution in [0.3, 0.4) is 0 Å². The normalized spacial score (nSPS) is 15.8. The van der Waals surface area contributed by atoms with Crippen molar-refractivity contribution in [3.8, 4) is 22.3 Å². The van der Waals surface area contributed by atoms with Crippen LogP contribution < -0.4 is 0 Å². The van der Waals surface area contributed by atoms with E-state index in [0.29, 0.717) is 0 Å². The molecule has 0 saturated carbocycles. The largest absolute Gasteiger partial charge is 0.0619 e. The summed E-state index contributed by atoms with van der Waals surface area (Å²) in [4.78, 5) is 0. The van der Waals surface area contributed by atoms with E-state index in [9.17, 15) is 0 Å². The van der Waals surface area contributed by atoms with E-state index in [2.05, 4.69) is 136 Å². The van der Waals surface area contributed by atoms with Gasteiger partial charge in [0.25, 0.3) is 0 Å². The van der Waals surface area contributed by atoms with Gasteiger partial charge in [-0.15, -0.1) is 0 Å². The highest BCUT2D eigenvalue weighted by molar-refractivity contribution is 5.84. The number of rotatable bonds is 2. The van der Waals surface area contributed by atoms with Gasteiger partial charge in [0.2, 0.25) is 0 Å². The standard InChI is InChI=1S/C36H30/c1-36(2,3)25-12-10-11-23(21-25)34-31-18-9-6-15-28(31)33-22-24(19-20-32(33)34)35-29-16-7-4-13-26(29)27-14-5-8-17-30(27)35/h4-22,34-35H,1-3H3. The monoisotopic (exact) mass is 462 g/mol. The van der Waals surface area contributed by atoms with Crippen LogP contribution >= 0.6 is 0 Å². The van der Waals surface area contributed by atoms with Crippen LogP contribution in [-0.2, 0) is 5.41 Å². The van der Waals surface area contributed by atoms with Crippen LogP contribution in [0.4, 0.5) is 0 Å². The molecule has 0 N–H and O–H groups in total. The van der Waals surface area contributed by atoms with E-state index in [1.54, 1.807) is 0 Å². The molecule has 5 aromatic rings. The Hall–Kier alpha value is -3.90. The number of benzene rings is 5. The fourth-order valence-corrected chi connectivity index (χ4v) is 6.46. The second-order valence-corrected chi connectivity index (χ2v) is 11.3. The Bertz CT molecular complexity index is 1580. The van der Waals surface area contributed by atoms with E-state index in [4.69, 9.17) is 0 Å². The van der Waals surface area contributed by atoms with Gasteiger partial charge in [0.1, 0.15) is 0 Å². The summed E-state index contributed by atoms with van der Waals surface area (Å²) in [5.74, 6) is 0.550. The summed E-state index contributed by atoms with van der Waals surface area (Å²) < 4.78 is 0. The summed E-state index contributed by atoms with van der Waals surface area (Å²) >= 11 is 0. The van der Waals surface area contributed by atoms with Crippen molar-refractivity contribution in [3.05, 3.63) is 154 Å². The average Bonchev–Trinajstić information content (AvgIpc) is 3.41. The van der Waals surface area contributed by atoms with Crippen molar-refractivity contribution in [1.82, 2.24) is 0 Å². The highest BCUT2D eigenvalue weighted by Crippen LogP contribution is 2.52. The van der Waals surface area contributed by atoms with Crippen molar-refractivity contribution in [2.75, 3.05) is 0 Å². The number of fused-ring (bicyclic) bond motifs is 6. The Morgan fingerprint density at radius 2 is 0.889 bits per heavy atom. The third-order valence-electron chi connectivity index (χ3n) is 8.20. The molecular weight excluding hydrogens is 432 g/mol. The highest BCUT2D eigenvalue weighted by Gasteiger charge is 2.34. The van der Waals surface area contributed by atoms with Crippen molar-refractivity contribution in [2.45, 2.75) is 38.0 Å². The fourth-order valence-electron chi connectivity index (χ4n) is 6.46. The van der Waals surface area contributed by atoms with Crippen LogP contribution in [0.2, 0.25) is 0 Å². The number of hydrogen-bond donors (Lipinski definition) is 0. The summed E-state index contributed by atoms with van der Waals surface area (Å²) in [6.45, 7) is 6.89. The highest BCUT2D eigenvalue weighted by atomic mass is 14.4. The molecule has 5 aromatic carbocycles. The molecule has 1 atom stereocenters. The quantitative estimate of drug-likeness (QED) is 0.240. The maximum atomic E-state index is 2.48. The first-order valence-corrected chi connectivity index (χ1v) is 13.0. The van der Waals surface area contributed by atoms with E-state index in [0.717, 1.165) is 0 Å².